The molecule has 2 fully saturated rings. The third-order valence-electron chi connectivity index (χ3n) is 5.28. The summed E-state index contributed by atoms with van der Waals surface area (Å²) in [6, 6.07) is 4.08. The molecule has 1 aromatic carbocycles. The van der Waals surface area contributed by atoms with Crippen LogP contribution in [0.2, 0.25) is 0 Å². The van der Waals surface area contributed by atoms with E-state index in [1.807, 2.05) is 6.92 Å². The molecule has 2 aliphatic heterocycles. The summed E-state index contributed by atoms with van der Waals surface area (Å²) in [4.78, 5) is 14.5. The third-order valence-corrected chi connectivity index (χ3v) is 7.26. The lowest BCUT2D eigenvalue weighted by molar-refractivity contribution is -0.144. The number of halogens is 1. The minimum atomic E-state index is -4.06. The summed E-state index contributed by atoms with van der Waals surface area (Å²) >= 11 is 0. The number of sulfonamides is 1. The van der Waals surface area contributed by atoms with Crippen molar-refractivity contribution in [1.29, 1.82) is 0 Å². The highest BCUT2D eigenvalue weighted by Crippen LogP contribution is 2.42. The Balaban J connectivity index is 2.03. The molecule has 25 heavy (non-hydrogen) atoms. The number of amides is 1. The molecule has 138 valence electrons. The monoisotopic (exact) mass is 368 g/mol. The molecule has 1 amide bonds. The zero-order valence-electron chi connectivity index (χ0n) is 14.8. The molecule has 0 aromatic heterocycles. The van der Waals surface area contributed by atoms with Crippen LogP contribution in [-0.4, -0.2) is 48.7 Å². The van der Waals surface area contributed by atoms with E-state index in [0.29, 0.717) is 37.9 Å². The molecule has 3 rings (SSSR count). The van der Waals surface area contributed by atoms with Gasteiger partial charge in [-0.15, -0.1) is 0 Å². The lowest BCUT2D eigenvalue weighted by atomic mass is 9.86. The van der Waals surface area contributed by atoms with Crippen molar-refractivity contribution < 1.29 is 17.6 Å². The number of rotatable bonds is 4. The number of hydrogen-bond donors (Lipinski definition) is 0. The summed E-state index contributed by atoms with van der Waals surface area (Å²) in [6.07, 6.45) is 3.25. The van der Waals surface area contributed by atoms with Crippen molar-refractivity contribution >= 4 is 15.9 Å². The predicted molar refractivity (Wildman–Crippen MR) is 93.1 cm³/mol. The van der Waals surface area contributed by atoms with Crippen molar-refractivity contribution in [2.24, 2.45) is 0 Å². The van der Waals surface area contributed by atoms with Crippen LogP contribution in [0.4, 0.5) is 4.39 Å². The van der Waals surface area contributed by atoms with Crippen LogP contribution < -0.4 is 0 Å². The summed E-state index contributed by atoms with van der Waals surface area (Å²) < 4.78 is 42.0. The van der Waals surface area contributed by atoms with E-state index >= 15 is 0 Å². The maximum Gasteiger partial charge on any atom is 0.246 e. The second-order valence-corrected chi connectivity index (χ2v) is 8.87. The van der Waals surface area contributed by atoms with E-state index < -0.39 is 21.4 Å². The number of aryl methyl sites for hydroxylation is 1. The third kappa shape index (κ3) is 2.97. The van der Waals surface area contributed by atoms with E-state index in [2.05, 4.69) is 0 Å². The van der Waals surface area contributed by atoms with Gasteiger partial charge in [0.1, 0.15) is 16.3 Å². The molecule has 5 nitrogen and oxygen atoms in total. The Bertz CT molecular complexity index is 779. The van der Waals surface area contributed by atoms with Crippen molar-refractivity contribution in [3.05, 3.63) is 29.6 Å². The van der Waals surface area contributed by atoms with Gasteiger partial charge in [0.05, 0.1) is 0 Å². The van der Waals surface area contributed by atoms with E-state index in [0.717, 1.165) is 12.8 Å². The van der Waals surface area contributed by atoms with Gasteiger partial charge in [-0.05, 0) is 56.7 Å². The molecule has 7 heteroatoms. The van der Waals surface area contributed by atoms with Gasteiger partial charge in [0.2, 0.25) is 15.9 Å². The fraction of sp³-hybridized carbons (Fsp3) is 0.611. The van der Waals surface area contributed by atoms with Gasteiger partial charge in [-0.1, -0.05) is 13.0 Å². The maximum absolute atomic E-state index is 14.3. The first kappa shape index (κ1) is 18.3. The van der Waals surface area contributed by atoms with E-state index in [1.54, 1.807) is 17.9 Å². The normalized spacial score (nSPS) is 25.1. The largest absolute Gasteiger partial charge is 0.341 e. The lowest BCUT2D eigenvalue weighted by Crippen LogP contribution is -2.61. The number of carbonyl (C=O) groups excluding carboxylic acids is 1. The van der Waals surface area contributed by atoms with Crippen LogP contribution in [0.5, 0.6) is 0 Å². The fourth-order valence-electron chi connectivity index (χ4n) is 4.14. The van der Waals surface area contributed by atoms with Crippen LogP contribution in [0.25, 0.3) is 0 Å². The van der Waals surface area contributed by atoms with Gasteiger partial charge in [0, 0.05) is 19.6 Å². The molecule has 1 aromatic rings. The number of nitrogens with zero attached hydrogens (tertiary/aromatic N) is 2. The number of likely N-dealkylation sites (tertiary alicyclic amines) is 1. The van der Waals surface area contributed by atoms with Crippen LogP contribution in [0.1, 0.15) is 44.6 Å². The molecule has 0 N–H and O–H groups in total. The Morgan fingerprint density at radius 2 is 1.88 bits per heavy atom. The first-order chi connectivity index (χ1) is 11.8. The first-order valence-electron chi connectivity index (χ1n) is 8.91. The van der Waals surface area contributed by atoms with Crippen LogP contribution in [0.3, 0.4) is 0 Å². The average molecular weight is 368 g/mol. The second kappa shape index (κ2) is 6.68. The summed E-state index contributed by atoms with van der Waals surface area (Å²) in [7, 11) is -4.06. The van der Waals surface area contributed by atoms with Gasteiger partial charge >= 0.3 is 0 Å². The summed E-state index contributed by atoms with van der Waals surface area (Å²) in [5, 5.41) is 0. The second-order valence-electron chi connectivity index (χ2n) is 7.04. The van der Waals surface area contributed by atoms with Crippen LogP contribution >= 0.6 is 0 Å². The number of benzene rings is 1. The topological polar surface area (TPSA) is 57.7 Å². The Hall–Kier alpha value is -1.47. The van der Waals surface area contributed by atoms with E-state index in [1.165, 1.54) is 16.4 Å². The van der Waals surface area contributed by atoms with Crippen LogP contribution in [0, 0.1) is 12.7 Å². The quantitative estimate of drug-likeness (QED) is 0.821. The van der Waals surface area contributed by atoms with Gasteiger partial charge in [-0.25, -0.2) is 12.8 Å². The van der Waals surface area contributed by atoms with Gasteiger partial charge in [0.15, 0.2) is 0 Å². The average Bonchev–Trinajstić information content (AvgIpc) is 3.00. The molecule has 2 heterocycles. The number of hydrogen-bond acceptors (Lipinski definition) is 3. The van der Waals surface area contributed by atoms with E-state index in [9.17, 15) is 17.6 Å². The highest BCUT2D eigenvalue weighted by atomic mass is 32.2. The van der Waals surface area contributed by atoms with Crippen LogP contribution in [0.15, 0.2) is 23.1 Å². The minimum Gasteiger partial charge on any atom is -0.341 e. The molecule has 1 unspecified atom stereocenters. The summed E-state index contributed by atoms with van der Waals surface area (Å²) in [5.74, 6) is -0.879. The molecule has 0 saturated carbocycles. The Morgan fingerprint density at radius 1 is 1.20 bits per heavy atom. The first-order valence-corrected chi connectivity index (χ1v) is 10.4. The highest BCUT2D eigenvalue weighted by molar-refractivity contribution is 7.89. The Morgan fingerprint density at radius 3 is 2.56 bits per heavy atom. The number of piperidine rings is 1. The zero-order chi connectivity index (χ0) is 18.2. The summed E-state index contributed by atoms with van der Waals surface area (Å²) in [6.45, 7) is 5.29. The van der Waals surface area contributed by atoms with Crippen LogP contribution in [-0.2, 0) is 14.8 Å². The molecular weight excluding hydrogens is 343 g/mol. The van der Waals surface area contributed by atoms with Crippen molar-refractivity contribution in [2.75, 3.05) is 19.6 Å². The SMILES string of the molecule is CCCN1CCCC2(CCCN2S(=O)(=O)c2cc(C)ccc2F)C1=O. The molecule has 2 aliphatic rings. The molecular formula is C18H25FN2O3S. The Kier molecular flexibility index (Phi) is 4.90. The van der Waals surface area contributed by atoms with Crippen molar-refractivity contribution in [1.82, 2.24) is 9.21 Å². The van der Waals surface area contributed by atoms with Gasteiger partial charge in [0.25, 0.3) is 0 Å². The predicted octanol–water partition coefficient (Wildman–Crippen LogP) is 2.69. The molecule has 1 spiro atoms. The van der Waals surface area contributed by atoms with Crippen molar-refractivity contribution in [3.8, 4) is 0 Å². The minimum absolute atomic E-state index is 0.116. The molecule has 0 bridgehead atoms. The van der Waals surface area contributed by atoms with E-state index in [4.69, 9.17) is 0 Å². The van der Waals surface area contributed by atoms with Crippen molar-refractivity contribution in [2.45, 2.75) is 56.4 Å². The smallest absolute Gasteiger partial charge is 0.246 e. The molecule has 1 atom stereocenters. The Labute approximate surface area is 148 Å². The summed E-state index contributed by atoms with van der Waals surface area (Å²) in [5.41, 5.74) is -0.363. The highest BCUT2D eigenvalue weighted by Gasteiger charge is 2.55. The maximum atomic E-state index is 14.3. The van der Waals surface area contributed by atoms with Gasteiger partial charge in [-0.2, -0.15) is 4.31 Å². The van der Waals surface area contributed by atoms with Gasteiger partial charge < -0.3 is 4.90 Å². The van der Waals surface area contributed by atoms with Gasteiger partial charge in [-0.3, -0.25) is 4.79 Å². The van der Waals surface area contributed by atoms with Crippen molar-refractivity contribution in [3.63, 3.8) is 0 Å². The lowest BCUT2D eigenvalue weighted by Gasteiger charge is -2.43. The van der Waals surface area contributed by atoms with E-state index in [-0.39, 0.29) is 17.3 Å². The number of carbonyl (C=O) groups is 1. The zero-order valence-corrected chi connectivity index (χ0v) is 15.6. The standard InChI is InChI=1S/C18H25FN2O3S/c1-3-10-20-11-4-8-18(17(20)22)9-5-12-21(18)25(23,24)16-13-14(2)6-7-15(16)19/h6-7,13H,3-5,8-12H2,1-2H3. The molecule has 2 saturated heterocycles. The fourth-order valence-corrected chi connectivity index (χ4v) is 6.12. The molecule has 0 aliphatic carbocycles. The molecule has 0 radical (unpaired) electrons.